The van der Waals surface area contributed by atoms with Crippen LogP contribution in [0.4, 0.5) is 0 Å². The summed E-state index contributed by atoms with van der Waals surface area (Å²) in [6, 6.07) is 9.61. The Hall–Kier alpha value is -2.63. The summed E-state index contributed by atoms with van der Waals surface area (Å²) in [4.78, 5) is 22.3. The summed E-state index contributed by atoms with van der Waals surface area (Å²) in [6.45, 7) is 1.93. The zero-order chi connectivity index (χ0) is 16.7. The monoisotopic (exact) mass is 315 g/mol. The molecular weight excluding hydrogens is 294 g/mol. The number of amides is 1. The molecule has 0 saturated heterocycles. The number of aliphatic carboxylic acids is 1. The number of carboxylic acid groups (broad SMARTS) is 1. The average Bonchev–Trinajstić information content (AvgIpc) is 3.06. The summed E-state index contributed by atoms with van der Waals surface area (Å²) >= 11 is 0. The van der Waals surface area contributed by atoms with Gasteiger partial charge >= 0.3 is 5.97 Å². The highest BCUT2D eigenvalue weighted by Gasteiger charge is 2.10. The van der Waals surface area contributed by atoms with Crippen molar-refractivity contribution < 1.29 is 14.7 Å². The predicted octanol–water partition coefficient (Wildman–Crippen LogP) is 2.69. The molecule has 1 heterocycles. The van der Waals surface area contributed by atoms with E-state index in [-0.39, 0.29) is 18.4 Å². The fraction of sp³-hybridized carbons (Fsp3) is 0.353. The van der Waals surface area contributed by atoms with E-state index in [1.807, 2.05) is 43.5 Å². The average molecular weight is 315 g/mol. The molecule has 0 aliphatic carbocycles. The predicted molar refractivity (Wildman–Crippen MR) is 86.2 cm³/mol. The zero-order valence-electron chi connectivity index (χ0n) is 13.1. The van der Waals surface area contributed by atoms with E-state index in [0.717, 1.165) is 11.3 Å². The van der Waals surface area contributed by atoms with E-state index >= 15 is 0 Å². The maximum absolute atomic E-state index is 11.9. The second-order valence-electron chi connectivity index (χ2n) is 5.43. The highest BCUT2D eigenvalue weighted by Crippen LogP contribution is 2.15. The molecule has 0 fully saturated rings. The molecule has 1 unspecified atom stereocenters. The molecule has 2 rings (SSSR count). The van der Waals surface area contributed by atoms with E-state index in [2.05, 4.69) is 10.4 Å². The van der Waals surface area contributed by atoms with Crippen molar-refractivity contribution in [1.29, 1.82) is 0 Å². The van der Waals surface area contributed by atoms with Crippen molar-refractivity contribution in [1.82, 2.24) is 15.1 Å². The van der Waals surface area contributed by atoms with Crippen LogP contribution in [0.25, 0.3) is 5.69 Å². The quantitative estimate of drug-likeness (QED) is 0.734. The topological polar surface area (TPSA) is 84.2 Å². The Morgan fingerprint density at radius 2 is 1.91 bits per heavy atom. The van der Waals surface area contributed by atoms with E-state index in [4.69, 9.17) is 5.11 Å². The van der Waals surface area contributed by atoms with Gasteiger partial charge in [0, 0.05) is 25.2 Å². The molecule has 1 amide bonds. The molecule has 0 saturated carbocycles. The molecule has 6 nitrogen and oxygen atoms in total. The molecule has 23 heavy (non-hydrogen) atoms. The maximum atomic E-state index is 11.9. The summed E-state index contributed by atoms with van der Waals surface area (Å²) < 4.78 is 1.77. The Morgan fingerprint density at radius 3 is 2.52 bits per heavy atom. The third kappa shape index (κ3) is 5.25. The lowest BCUT2D eigenvalue weighted by molar-refractivity contribution is -0.137. The first-order valence-corrected chi connectivity index (χ1v) is 7.67. The summed E-state index contributed by atoms with van der Waals surface area (Å²) in [5, 5.41) is 15.7. The molecule has 0 radical (unpaired) electrons. The van der Waals surface area contributed by atoms with Gasteiger partial charge in [-0.3, -0.25) is 9.59 Å². The molecule has 0 bridgehead atoms. The van der Waals surface area contributed by atoms with Crippen molar-refractivity contribution in [2.75, 3.05) is 0 Å². The molecule has 0 aliphatic rings. The van der Waals surface area contributed by atoms with Crippen LogP contribution in [0, 0.1) is 0 Å². The molecule has 2 N–H and O–H groups in total. The molecule has 1 aromatic carbocycles. The van der Waals surface area contributed by atoms with E-state index in [1.54, 1.807) is 10.9 Å². The van der Waals surface area contributed by atoms with Crippen LogP contribution < -0.4 is 5.32 Å². The van der Waals surface area contributed by atoms with Gasteiger partial charge in [-0.1, -0.05) is 12.1 Å². The molecular formula is C17H21N3O3. The van der Waals surface area contributed by atoms with Gasteiger partial charge in [0.25, 0.3) is 0 Å². The van der Waals surface area contributed by atoms with Crippen LogP contribution in [0.3, 0.4) is 0 Å². The van der Waals surface area contributed by atoms with Gasteiger partial charge in [0.1, 0.15) is 0 Å². The second-order valence-corrected chi connectivity index (χ2v) is 5.43. The number of benzene rings is 1. The summed E-state index contributed by atoms with van der Waals surface area (Å²) in [6.07, 6.45) is 5.16. The Kier molecular flexibility index (Phi) is 5.91. The van der Waals surface area contributed by atoms with E-state index < -0.39 is 5.97 Å². The number of rotatable bonds is 8. The van der Waals surface area contributed by atoms with Crippen molar-refractivity contribution >= 4 is 11.9 Å². The van der Waals surface area contributed by atoms with E-state index in [9.17, 15) is 9.59 Å². The van der Waals surface area contributed by atoms with Gasteiger partial charge in [-0.15, -0.1) is 0 Å². The fourth-order valence-corrected chi connectivity index (χ4v) is 2.30. The highest BCUT2D eigenvalue weighted by molar-refractivity contribution is 5.76. The Balaban J connectivity index is 1.82. The minimum Gasteiger partial charge on any atom is -0.481 e. The van der Waals surface area contributed by atoms with Crippen molar-refractivity contribution in [3.63, 3.8) is 0 Å². The second kappa shape index (κ2) is 8.12. The molecule has 0 aliphatic heterocycles. The standard InChI is InChI=1S/C17H21N3O3/c1-13(19-16(21)5-2-3-6-17(22)23)14-7-9-15(10-8-14)20-12-4-11-18-20/h4,7-13H,2-3,5-6H2,1H3,(H,19,21)(H,22,23). The van der Waals surface area contributed by atoms with Gasteiger partial charge in [-0.25, -0.2) is 4.68 Å². The van der Waals surface area contributed by atoms with Crippen LogP contribution in [0.15, 0.2) is 42.7 Å². The summed E-state index contributed by atoms with van der Waals surface area (Å²) in [5.41, 5.74) is 1.98. The van der Waals surface area contributed by atoms with Gasteiger partial charge in [0.05, 0.1) is 11.7 Å². The lowest BCUT2D eigenvalue weighted by Gasteiger charge is -2.15. The molecule has 1 aromatic heterocycles. The van der Waals surface area contributed by atoms with Crippen molar-refractivity contribution in [3.8, 4) is 5.69 Å². The number of carboxylic acids is 1. The Bertz CT molecular complexity index is 636. The Labute approximate surface area is 135 Å². The Morgan fingerprint density at radius 1 is 1.22 bits per heavy atom. The number of aromatic nitrogens is 2. The van der Waals surface area contributed by atoms with Crippen LogP contribution in [0.2, 0.25) is 0 Å². The third-order valence-corrected chi connectivity index (χ3v) is 3.58. The van der Waals surface area contributed by atoms with Crippen LogP contribution in [-0.4, -0.2) is 26.8 Å². The summed E-state index contributed by atoms with van der Waals surface area (Å²) in [5.74, 6) is -0.880. The van der Waals surface area contributed by atoms with Crippen molar-refractivity contribution in [2.45, 2.75) is 38.6 Å². The van der Waals surface area contributed by atoms with Crippen LogP contribution in [-0.2, 0) is 9.59 Å². The number of hydrogen-bond acceptors (Lipinski definition) is 3. The molecule has 2 aromatic rings. The molecule has 122 valence electrons. The molecule has 0 spiro atoms. The zero-order valence-corrected chi connectivity index (χ0v) is 13.1. The molecule has 6 heteroatoms. The van der Waals surface area contributed by atoms with Gasteiger partial charge in [0.2, 0.25) is 5.91 Å². The fourth-order valence-electron chi connectivity index (χ4n) is 2.30. The first kappa shape index (κ1) is 16.7. The largest absolute Gasteiger partial charge is 0.481 e. The minimum absolute atomic E-state index is 0.0564. The smallest absolute Gasteiger partial charge is 0.303 e. The number of carbonyl (C=O) groups is 2. The van der Waals surface area contributed by atoms with Crippen LogP contribution in [0.1, 0.15) is 44.2 Å². The molecule has 1 atom stereocenters. The first-order valence-electron chi connectivity index (χ1n) is 7.67. The van der Waals surface area contributed by atoms with Gasteiger partial charge in [-0.2, -0.15) is 5.10 Å². The third-order valence-electron chi connectivity index (χ3n) is 3.58. The number of unbranched alkanes of at least 4 members (excludes halogenated alkanes) is 1. The number of hydrogen-bond donors (Lipinski definition) is 2. The van der Waals surface area contributed by atoms with Crippen molar-refractivity contribution in [3.05, 3.63) is 48.3 Å². The number of nitrogens with one attached hydrogen (secondary N) is 1. The van der Waals surface area contributed by atoms with Gasteiger partial charge < -0.3 is 10.4 Å². The first-order chi connectivity index (χ1) is 11.1. The minimum atomic E-state index is -0.823. The lowest BCUT2D eigenvalue weighted by Crippen LogP contribution is -2.26. The van der Waals surface area contributed by atoms with Gasteiger partial charge in [0.15, 0.2) is 0 Å². The van der Waals surface area contributed by atoms with Crippen LogP contribution in [0.5, 0.6) is 0 Å². The number of carbonyl (C=O) groups excluding carboxylic acids is 1. The lowest BCUT2D eigenvalue weighted by atomic mass is 10.1. The normalized spacial score (nSPS) is 11.9. The van der Waals surface area contributed by atoms with E-state index in [1.165, 1.54) is 0 Å². The SMILES string of the molecule is CC(NC(=O)CCCCC(=O)O)c1ccc(-n2cccn2)cc1. The number of nitrogens with zero attached hydrogens (tertiary/aromatic N) is 2. The van der Waals surface area contributed by atoms with Crippen LogP contribution >= 0.6 is 0 Å². The summed E-state index contributed by atoms with van der Waals surface area (Å²) in [7, 11) is 0. The van der Waals surface area contributed by atoms with Crippen molar-refractivity contribution in [2.24, 2.45) is 0 Å². The van der Waals surface area contributed by atoms with Gasteiger partial charge in [-0.05, 0) is 43.5 Å². The maximum Gasteiger partial charge on any atom is 0.303 e. The van der Waals surface area contributed by atoms with E-state index in [0.29, 0.717) is 19.3 Å². The highest BCUT2D eigenvalue weighted by atomic mass is 16.4.